The molecule has 0 radical (unpaired) electrons. The number of nitrogens with zero attached hydrogens (tertiary/aromatic N) is 6. The van der Waals surface area contributed by atoms with E-state index in [0.29, 0.717) is 17.8 Å². The highest BCUT2D eigenvalue weighted by Gasteiger charge is 2.30. The molecule has 0 aliphatic carbocycles. The van der Waals surface area contributed by atoms with E-state index in [0.717, 1.165) is 74.6 Å². The third-order valence-electron chi connectivity index (χ3n) is 7.09. The molecule has 2 N–H and O–H groups in total. The number of anilines is 1. The Labute approximate surface area is 199 Å². The lowest BCUT2D eigenvalue weighted by atomic mass is 10.1. The van der Waals surface area contributed by atoms with Gasteiger partial charge in [-0.15, -0.1) is 0 Å². The summed E-state index contributed by atoms with van der Waals surface area (Å²) in [5.41, 5.74) is 2.44. The largest absolute Gasteiger partial charge is 0.353 e. The standard InChI is InChI=1S/C24H32N8O2/c1-17-15-30(16-18(2)31(17)12-11-29-9-7-25-8-10-29)23-13-19(5-6-26-23)24-21-14-20(32(33)34)3-4-22(21)27-28-24/h3-6,13-14,17-18,25H,7-12,15-16H2,1-2H3,(H,27,28)/t17-,18+. The number of piperazine rings is 2. The summed E-state index contributed by atoms with van der Waals surface area (Å²) in [6, 6.07) is 9.58. The fourth-order valence-electron chi connectivity index (χ4n) is 5.25. The molecule has 34 heavy (non-hydrogen) atoms. The molecule has 5 rings (SSSR count). The van der Waals surface area contributed by atoms with Gasteiger partial charge in [0.2, 0.25) is 0 Å². The van der Waals surface area contributed by atoms with Gasteiger partial charge >= 0.3 is 0 Å². The second kappa shape index (κ2) is 9.65. The molecule has 2 aromatic heterocycles. The molecule has 4 heterocycles. The van der Waals surface area contributed by atoms with Gasteiger partial charge in [0.15, 0.2) is 0 Å². The molecule has 0 bridgehead atoms. The summed E-state index contributed by atoms with van der Waals surface area (Å²) in [5, 5.41) is 22.9. The Morgan fingerprint density at radius 2 is 1.85 bits per heavy atom. The van der Waals surface area contributed by atoms with Crippen molar-refractivity contribution >= 4 is 22.4 Å². The molecule has 2 aliphatic heterocycles. The Hall–Kier alpha value is -3.08. The van der Waals surface area contributed by atoms with Crippen LogP contribution in [-0.4, -0.2) is 94.3 Å². The van der Waals surface area contributed by atoms with Crippen LogP contribution < -0.4 is 10.2 Å². The molecular weight excluding hydrogens is 432 g/mol. The Bertz CT molecular complexity index is 1150. The lowest BCUT2D eigenvalue weighted by molar-refractivity contribution is -0.384. The maximum Gasteiger partial charge on any atom is 0.270 e. The van der Waals surface area contributed by atoms with Gasteiger partial charge in [-0.1, -0.05) is 0 Å². The van der Waals surface area contributed by atoms with Crippen LogP contribution in [0.1, 0.15) is 13.8 Å². The van der Waals surface area contributed by atoms with Gasteiger partial charge in [0.25, 0.3) is 5.69 Å². The van der Waals surface area contributed by atoms with Crippen LogP contribution in [0.3, 0.4) is 0 Å². The third-order valence-corrected chi connectivity index (χ3v) is 7.09. The number of fused-ring (bicyclic) bond motifs is 1. The lowest BCUT2D eigenvalue weighted by Crippen LogP contribution is -2.58. The molecule has 10 nitrogen and oxygen atoms in total. The molecule has 0 unspecified atom stereocenters. The molecule has 2 aliphatic rings. The zero-order chi connectivity index (χ0) is 23.7. The molecule has 2 fully saturated rings. The number of non-ortho nitro benzene ring substituents is 1. The van der Waals surface area contributed by atoms with E-state index in [4.69, 9.17) is 0 Å². The van der Waals surface area contributed by atoms with Crippen molar-refractivity contribution in [2.45, 2.75) is 25.9 Å². The molecule has 0 amide bonds. The summed E-state index contributed by atoms with van der Waals surface area (Å²) in [4.78, 5) is 23.0. The summed E-state index contributed by atoms with van der Waals surface area (Å²) < 4.78 is 0. The number of pyridine rings is 1. The van der Waals surface area contributed by atoms with Gasteiger partial charge in [-0.05, 0) is 32.0 Å². The number of benzene rings is 1. The molecule has 1 aromatic carbocycles. The van der Waals surface area contributed by atoms with Crippen molar-refractivity contribution in [2.75, 3.05) is 57.3 Å². The second-order valence-electron chi connectivity index (χ2n) is 9.39. The predicted octanol–water partition coefficient (Wildman–Crippen LogP) is 2.34. The van der Waals surface area contributed by atoms with Crippen LogP contribution in [0.4, 0.5) is 11.5 Å². The molecular formula is C24H32N8O2. The minimum atomic E-state index is -0.376. The highest BCUT2D eigenvalue weighted by molar-refractivity contribution is 5.94. The average Bonchev–Trinajstić information content (AvgIpc) is 3.27. The highest BCUT2D eigenvalue weighted by Crippen LogP contribution is 2.31. The quantitative estimate of drug-likeness (QED) is 0.423. The number of hydrogen-bond donors (Lipinski definition) is 2. The average molecular weight is 465 g/mol. The molecule has 2 saturated heterocycles. The number of H-pyrrole nitrogens is 1. The molecule has 0 saturated carbocycles. The number of nitrogens with one attached hydrogen (secondary N) is 2. The Kier molecular flexibility index (Phi) is 6.44. The fourth-order valence-corrected chi connectivity index (χ4v) is 5.25. The van der Waals surface area contributed by atoms with E-state index in [1.807, 2.05) is 12.1 Å². The summed E-state index contributed by atoms with van der Waals surface area (Å²) in [7, 11) is 0. The zero-order valence-corrected chi connectivity index (χ0v) is 19.8. The van der Waals surface area contributed by atoms with Crippen LogP contribution in [0.2, 0.25) is 0 Å². The first-order chi connectivity index (χ1) is 16.5. The van der Waals surface area contributed by atoms with Crippen molar-refractivity contribution in [2.24, 2.45) is 0 Å². The van der Waals surface area contributed by atoms with Crippen molar-refractivity contribution < 1.29 is 4.92 Å². The minimum absolute atomic E-state index is 0.0593. The van der Waals surface area contributed by atoms with Gasteiger partial charge in [0, 0.05) is 93.7 Å². The van der Waals surface area contributed by atoms with E-state index in [1.165, 1.54) is 6.07 Å². The molecule has 10 heteroatoms. The van der Waals surface area contributed by atoms with E-state index >= 15 is 0 Å². The summed E-state index contributed by atoms with van der Waals surface area (Å²) in [6.45, 7) is 13.0. The number of aromatic nitrogens is 3. The smallest absolute Gasteiger partial charge is 0.270 e. The first-order valence-electron chi connectivity index (χ1n) is 12.0. The number of nitro benzene ring substituents is 1. The van der Waals surface area contributed by atoms with Crippen LogP contribution >= 0.6 is 0 Å². The normalized spacial score (nSPS) is 22.4. The SMILES string of the molecule is C[C@@H]1CN(c2cc(-c3n[nH]c4ccc([N+](=O)[O-])cc34)ccn2)C[C@H](C)N1CCN1CCNCC1. The van der Waals surface area contributed by atoms with Crippen LogP contribution in [0, 0.1) is 10.1 Å². The number of nitro groups is 1. The van der Waals surface area contributed by atoms with Gasteiger partial charge < -0.3 is 10.2 Å². The van der Waals surface area contributed by atoms with Crippen LogP contribution in [0.15, 0.2) is 36.5 Å². The van der Waals surface area contributed by atoms with E-state index in [9.17, 15) is 10.1 Å². The molecule has 2 atom stereocenters. The molecule has 0 spiro atoms. The first kappa shape index (κ1) is 22.7. The summed E-state index contributed by atoms with van der Waals surface area (Å²) >= 11 is 0. The van der Waals surface area contributed by atoms with Gasteiger partial charge in [0.1, 0.15) is 11.5 Å². The van der Waals surface area contributed by atoms with Gasteiger partial charge in [-0.3, -0.25) is 25.0 Å². The van der Waals surface area contributed by atoms with E-state index in [2.05, 4.69) is 49.0 Å². The Balaban J connectivity index is 1.32. The van der Waals surface area contributed by atoms with Crippen molar-refractivity contribution in [3.8, 4) is 11.3 Å². The monoisotopic (exact) mass is 464 g/mol. The van der Waals surface area contributed by atoms with E-state index < -0.39 is 0 Å². The van der Waals surface area contributed by atoms with Gasteiger partial charge in [-0.2, -0.15) is 5.10 Å². The number of aromatic amines is 1. The van der Waals surface area contributed by atoms with Crippen molar-refractivity contribution in [1.82, 2.24) is 30.3 Å². The number of hydrogen-bond acceptors (Lipinski definition) is 8. The lowest BCUT2D eigenvalue weighted by Gasteiger charge is -2.45. The van der Waals surface area contributed by atoms with Crippen molar-refractivity contribution in [3.63, 3.8) is 0 Å². The van der Waals surface area contributed by atoms with E-state index in [1.54, 1.807) is 18.3 Å². The maximum absolute atomic E-state index is 11.2. The summed E-state index contributed by atoms with van der Waals surface area (Å²) in [5.74, 6) is 0.916. The number of rotatable bonds is 6. The predicted molar refractivity (Wildman–Crippen MR) is 133 cm³/mol. The maximum atomic E-state index is 11.2. The summed E-state index contributed by atoms with van der Waals surface area (Å²) in [6.07, 6.45) is 1.80. The Morgan fingerprint density at radius 3 is 2.59 bits per heavy atom. The van der Waals surface area contributed by atoms with Crippen molar-refractivity contribution in [3.05, 3.63) is 46.6 Å². The zero-order valence-electron chi connectivity index (χ0n) is 19.8. The highest BCUT2D eigenvalue weighted by atomic mass is 16.6. The topological polar surface area (TPSA) is 106 Å². The van der Waals surface area contributed by atoms with Gasteiger partial charge in [0.05, 0.1) is 10.4 Å². The van der Waals surface area contributed by atoms with Crippen LogP contribution in [0.25, 0.3) is 22.2 Å². The minimum Gasteiger partial charge on any atom is -0.353 e. The molecule has 3 aromatic rings. The van der Waals surface area contributed by atoms with E-state index in [-0.39, 0.29) is 10.6 Å². The van der Waals surface area contributed by atoms with Crippen molar-refractivity contribution in [1.29, 1.82) is 0 Å². The van der Waals surface area contributed by atoms with Crippen LogP contribution in [-0.2, 0) is 0 Å². The first-order valence-corrected chi connectivity index (χ1v) is 12.0. The van der Waals surface area contributed by atoms with Gasteiger partial charge in [-0.25, -0.2) is 4.98 Å². The van der Waals surface area contributed by atoms with Crippen LogP contribution in [0.5, 0.6) is 0 Å². The third kappa shape index (κ3) is 4.61. The second-order valence-corrected chi connectivity index (χ2v) is 9.39. The fraction of sp³-hybridized carbons (Fsp3) is 0.500. The molecule has 180 valence electrons. The Morgan fingerprint density at radius 1 is 1.09 bits per heavy atom.